The summed E-state index contributed by atoms with van der Waals surface area (Å²) in [6, 6.07) is 9.87. The highest BCUT2D eigenvalue weighted by Gasteiger charge is 2.32. The van der Waals surface area contributed by atoms with Crippen LogP contribution in [0.1, 0.15) is 45.6 Å². The number of nitrogens with one attached hydrogen (secondary N) is 2. The number of benzene rings is 1. The molecular weight excluding hydrogens is 314 g/mol. The molecule has 0 aromatic heterocycles. The molecule has 5 nitrogen and oxygen atoms in total. The van der Waals surface area contributed by atoms with Gasteiger partial charge in [0.05, 0.1) is 12.5 Å². The van der Waals surface area contributed by atoms with E-state index in [1.165, 1.54) is 5.56 Å². The molecule has 138 valence electrons. The van der Waals surface area contributed by atoms with Gasteiger partial charge in [-0.1, -0.05) is 44.2 Å². The van der Waals surface area contributed by atoms with Crippen LogP contribution >= 0.6 is 0 Å². The lowest BCUT2D eigenvalue weighted by Crippen LogP contribution is -2.57. The van der Waals surface area contributed by atoms with E-state index in [9.17, 15) is 9.59 Å². The first-order valence-electron chi connectivity index (χ1n) is 9.34. The number of piperazine rings is 1. The van der Waals surface area contributed by atoms with Crippen LogP contribution in [0, 0.1) is 0 Å². The van der Waals surface area contributed by atoms with Crippen molar-refractivity contribution < 1.29 is 9.59 Å². The lowest BCUT2D eigenvalue weighted by molar-refractivity contribution is -0.134. The van der Waals surface area contributed by atoms with Gasteiger partial charge in [-0.15, -0.1) is 0 Å². The van der Waals surface area contributed by atoms with Crippen molar-refractivity contribution in [3.8, 4) is 0 Å². The summed E-state index contributed by atoms with van der Waals surface area (Å²) in [5.74, 6) is -0.0814. The van der Waals surface area contributed by atoms with E-state index in [1.807, 2.05) is 18.2 Å². The summed E-state index contributed by atoms with van der Waals surface area (Å²) in [6.45, 7) is 8.42. The molecule has 0 spiro atoms. The maximum Gasteiger partial charge on any atom is 0.237 e. The first-order chi connectivity index (χ1) is 12.0. The fourth-order valence-corrected chi connectivity index (χ4v) is 3.16. The van der Waals surface area contributed by atoms with Crippen LogP contribution in [-0.4, -0.2) is 47.9 Å². The number of carbonyl (C=O) groups excluding carboxylic acids is 2. The van der Waals surface area contributed by atoms with E-state index in [2.05, 4.69) is 48.4 Å². The Morgan fingerprint density at radius 2 is 1.96 bits per heavy atom. The van der Waals surface area contributed by atoms with Gasteiger partial charge in [-0.3, -0.25) is 14.5 Å². The van der Waals surface area contributed by atoms with E-state index >= 15 is 0 Å². The average molecular weight is 345 g/mol. The van der Waals surface area contributed by atoms with E-state index < -0.39 is 0 Å². The molecule has 1 atom stereocenters. The van der Waals surface area contributed by atoms with Gasteiger partial charge in [-0.25, -0.2) is 0 Å². The van der Waals surface area contributed by atoms with E-state index in [1.54, 1.807) is 0 Å². The summed E-state index contributed by atoms with van der Waals surface area (Å²) in [5, 5.41) is 6.01. The van der Waals surface area contributed by atoms with Crippen molar-refractivity contribution in [1.82, 2.24) is 15.5 Å². The van der Waals surface area contributed by atoms with Gasteiger partial charge in [0.1, 0.15) is 0 Å². The lowest BCUT2D eigenvalue weighted by atomic mass is 9.95. The van der Waals surface area contributed by atoms with Crippen molar-refractivity contribution in [2.24, 2.45) is 0 Å². The van der Waals surface area contributed by atoms with Crippen molar-refractivity contribution in [3.63, 3.8) is 0 Å². The summed E-state index contributed by atoms with van der Waals surface area (Å²) >= 11 is 0. The number of nitrogens with zero attached hydrogens (tertiary/aromatic N) is 1. The molecule has 1 unspecified atom stereocenters. The fourth-order valence-electron chi connectivity index (χ4n) is 3.16. The largest absolute Gasteiger partial charge is 0.353 e. The summed E-state index contributed by atoms with van der Waals surface area (Å²) in [7, 11) is 0. The topological polar surface area (TPSA) is 61.4 Å². The Morgan fingerprint density at radius 1 is 1.28 bits per heavy atom. The van der Waals surface area contributed by atoms with Gasteiger partial charge in [0.25, 0.3) is 0 Å². The summed E-state index contributed by atoms with van der Waals surface area (Å²) < 4.78 is 0. The second-order valence-electron chi connectivity index (χ2n) is 7.10. The smallest absolute Gasteiger partial charge is 0.237 e. The molecular formula is C20H31N3O2. The first kappa shape index (κ1) is 19.4. The van der Waals surface area contributed by atoms with Gasteiger partial charge < -0.3 is 10.6 Å². The van der Waals surface area contributed by atoms with Crippen LogP contribution in [0.2, 0.25) is 0 Å². The second-order valence-corrected chi connectivity index (χ2v) is 7.10. The second kappa shape index (κ2) is 8.99. The Hall–Kier alpha value is -1.88. The molecule has 0 saturated carbocycles. The molecule has 1 aromatic rings. The van der Waals surface area contributed by atoms with Gasteiger partial charge in [-0.2, -0.15) is 0 Å². The molecule has 2 N–H and O–H groups in total. The molecule has 2 rings (SSSR count). The highest BCUT2D eigenvalue weighted by atomic mass is 16.2. The Bertz CT molecular complexity index is 570. The molecule has 25 heavy (non-hydrogen) atoms. The van der Waals surface area contributed by atoms with Gasteiger partial charge in [0.2, 0.25) is 11.8 Å². The molecule has 1 saturated heterocycles. The van der Waals surface area contributed by atoms with Crippen molar-refractivity contribution in [1.29, 1.82) is 0 Å². The van der Waals surface area contributed by atoms with Crippen LogP contribution in [-0.2, 0) is 16.0 Å². The highest BCUT2D eigenvalue weighted by Crippen LogP contribution is 2.16. The number of amides is 2. The quantitative estimate of drug-likeness (QED) is 0.759. The summed E-state index contributed by atoms with van der Waals surface area (Å²) in [6.07, 6.45) is 2.86. The van der Waals surface area contributed by atoms with Gasteiger partial charge in [0.15, 0.2) is 0 Å². The van der Waals surface area contributed by atoms with Crippen molar-refractivity contribution in [2.75, 3.05) is 19.6 Å². The molecule has 1 heterocycles. The van der Waals surface area contributed by atoms with Crippen LogP contribution < -0.4 is 10.6 Å². The molecule has 5 heteroatoms. The van der Waals surface area contributed by atoms with E-state index in [0.29, 0.717) is 6.54 Å². The van der Waals surface area contributed by atoms with Gasteiger partial charge in [0, 0.05) is 25.2 Å². The van der Waals surface area contributed by atoms with Gasteiger partial charge in [-0.05, 0) is 31.7 Å². The highest BCUT2D eigenvalue weighted by molar-refractivity contribution is 5.89. The monoisotopic (exact) mass is 345 g/mol. The van der Waals surface area contributed by atoms with Crippen molar-refractivity contribution >= 4 is 11.8 Å². The lowest BCUT2D eigenvalue weighted by Gasteiger charge is -2.36. The molecule has 1 aliphatic rings. The standard InChI is InChI=1S/C20H31N3O2/c1-4-20(3,5-2)22-18(24)15-17-19(25)21-12-14-23(17)13-11-16-9-7-6-8-10-16/h6-10,17H,4-5,11-15H2,1-3H3,(H,21,25)(H,22,24). The molecule has 0 bridgehead atoms. The Morgan fingerprint density at radius 3 is 2.60 bits per heavy atom. The van der Waals surface area contributed by atoms with E-state index in [4.69, 9.17) is 0 Å². The Balaban J connectivity index is 1.96. The Kier molecular flexibility index (Phi) is 7.00. The summed E-state index contributed by atoms with van der Waals surface area (Å²) in [4.78, 5) is 27.0. The molecule has 0 radical (unpaired) electrons. The van der Waals surface area contributed by atoms with E-state index in [-0.39, 0.29) is 29.8 Å². The number of hydrogen-bond donors (Lipinski definition) is 2. The minimum atomic E-state index is -0.379. The zero-order valence-electron chi connectivity index (χ0n) is 15.7. The van der Waals surface area contributed by atoms with Crippen molar-refractivity contribution in [2.45, 2.75) is 58.0 Å². The van der Waals surface area contributed by atoms with E-state index in [0.717, 1.165) is 32.4 Å². The van der Waals surface area contributed by atoms with Crippen LogP contribution in [0.4, 0.5) is 0 Å². The molecule has 1 aliphatic heterocycles. The number of hydrogen-bond acceptors (Lipinski definition) is 3. The third-order valence-electron chi connectivity index (χ3n) is 5.35. The third kappa shape index (κ3) is 5.56. The predicted molar refractivity (Wildman–Crippen MR) is 100 cm³/mol. The molecule has 2 amide bonds. The molecule has 1 fully saturated rings. The third-order valence-corrected chi connectivity index (χ3v) is 5.35. The van der Waals surface area contributed by atoms with Crippen LogP contribution in [0.25, 0.3) is 0 Å². The maximum absolute atomic E-state index is 12.5. The zero-order chi connectivity index (χ0) is 18.3. The van der Waals surface area contributed by atoms with Crippen molar-refractivity contribution in [3.05, 3.63) is 35.9 Å². The fraction of sp³-hybridized carbons (Fsp3) is 0.600. The molecule has 0 aliphatic carbocycles. The predicted octanol–water partition coefficient (Wildman–Crippen LogP) is 2.11. The minimum absolute atomic E-state index is 0.0378. The minimum Gasteiger partial charge on any atom is -0.353 e. The summed E-state index contributed by atoms with van der Waals surface area (Å²) in [5.41, 5.74) is 1.05. The average Bonchev–Trinajstić information content (AvgIpc) is 2.63. The zero-order valence-corrected chi connectivity index (χ0v) is 15.7. The SMILES string of the molecule is CCC(C)(CC)NC(=O)CC1C(=O)NCCN1CCc1ccccc1. The van der Waals surface area contributed by atoms with Crippen LogP contribution in [0.3, 0.4) is 0 Å². The van der Waals surface area contributed by atoms with Crippen LogP contribution in [0.5, 0.6) is 0 Å². The van der Waals surface area contributed by atoms with Crippen LogP contribution in [0.15, 0.2) is 30.3 Å². The van der Waals surface area contributed by atoms with Gasteiger partial charge >= 0.3 is 0 Å². The normalized spacial score (nSPS) is 18.7. The number of rotatable bonds is 8. The number of carbonyl (C=O) groups is 2. The molecule has 1 aromatic carbocycles. The Labute approximate surface area is 151 Å². The first-order valence-corrected chi connectivity index (χ1v) is 9.34. The maximum atomic E-state index is 12.5.